The highest BCUT2D eigenvalue weighted by Gasteiger charge is 2.34. The predicted molar refractivity (Wildman–Crippen MR) is 111 cm³/mol. The van der Waals surface area contributed by atoms with Gasteiger partial charge in [-0.2, -0.15) is 10.4 Å². The molecule has 1 atom stereocenters. The molecular weight excluding hydrogens is 417 g/mol. The molecule has 140 valence electrons. The second-order valence-electron chi connectivity index (χ2n) is 6.94. The molecule has 0 radical (unpaired) electrons. The summed E-state index contributed by atoms with van der Waals surface area (Å²) in [5.41, 5.74) is 3.79. The molecule has 0 bridgehead atoms. The van der Waals surface area contributed by atoms with Gasteiger partial charge >= 0.3 is 0 Å². The third kappa shape index (κ3) is 3.29. The van der Waals surface area contributed by atoms with Gasteiger partial charge in [0.2, 0.25) is 0 Å². The van der Waals surface area contributed by atoms with Crippen molar-refractivity contribution in [1.82, 2.24) is 14.8 Å². The topological polar surface area (TPSA) is 66.9 Å². The number of benzene rings is 2. The second-order valence-corrected chi connectivity index (χ2v) is 8.13. The first-order valence-electron chi connectivity index (χ1n) is 8.49. The Hall–Kier alpha value is -2.39. The van der Waals surface area contributed by atoms with Crippen molar-refractivity contribution in [3.8, 4) is 11.8 Å². The quantitative estimate of drug-likeness (QED) is 0.533. The van der Waals surface area contributed by atoms with Gasteiger partial charge in [0.15, 0.2) is 0 Å². The Bertz CT molecular complexity index is 1110. The lowest BCUT2D eigenvalue weighted by Gasteiger charge is -2.24. The summed E-state index contributed by atoms with van der Waals surface area (Å²) in [4.78, 5) is 8.67. The smallest absolute Gasteiger partial charge is 0.138 e. The monoisotopic (exact) mass is 429 g/mol. The summed E-state index contributed by atoms with van der Waals surface area (Å²) < 4.78 is 1.57. The minimum absolute atomic E-state index is 0.245. The molecule has 4 rings (SSSR count). The predicted octanol–water partition coefficient (Wildman–Crippen LogP) is 5.25. The highest BCUT2D eigenvalue weighted by atomic mass is 35.5. The van der Waals surface area contributed by atoms with E-state index in [1.54, 1.807) is 11.0 Å². The summed E-state index contributed by atoms with van der Waals surface area (Å²) in [6, 6.07) is 11.6. The van der Waals surface area contributed by atoms with Gasteiger partial charge in [-0.15, -0.1) is 0 Å². The fraction of sp³-hybridized carbons (Fsp3) is 0.200. The normalized spacial score (nSPS) is 18.8. The van der Waals surface area contributed by atoms with Gasteiger partial charge in [0, 0.05) is 24.1 Å². The maximum atomic E-state index is 9.56. The summed E-state index contributed by atoms with van der Waals surface area (Å²) in [7, 11) is 0. The Labute approximate surface area is 177 Å². The van der Waals surface area contributed by atoms with Crippen molar-refractivity contribution in [1.29, 1.82) is 5.26 Å². The Morgan fingerprint density at radius 1 is 1.14 bits per heavy atom. The third-order valence-electron chi connectivity index (χ3n) is 4.97. The van der Waals surface area contributed by atoms with Gasteiger partial charge < -0.3 is 0 Å². The maximum Gasteiger partial charge on any atom is 0.138 e. The molecule has 3 aromatic rings. The lowest BCUT2D eigenvalue weighted by molar-refractivity contribution is 0.536. The van der Waals surface area contributed by atoms with E-state index >= 15 is 0 Å². The lowest BCUT2D eigenvalue weighted by atomic mass is 9.79. The largest absolute Gasteiger partial charge is 0.288 e. The van der Waals surface area contributed by atoms with E-state index in [4.69, 9.17) is 39.8 Å². The van der Waals surface area contributed by atoms with E-state index in [2.05, 4.69) is 23.1 Å². The van der Waals surface area contributed by atoms with Gasteiger partial charge in [-0.05, 0) is 35.4 Å². The summed E-state index contributed by atoms with van der Waals surface area (Å²) >= 11 is 18.5. The number of hydrogen-bond donors (Lipinski definition) is 0. The van der Waals surface area contributed by atoms with E-state index in [1.807, 2.05) is 30.3 Å². The summed E-state index contributed by atoms with van der Waals surface area (Å²) in [6.45, 7) is 2.72. The van der Waals surface area contributed by atoms with Crippen molar-refractivity contribution in [2.75, 3.05) is 6.54 Å². The molecule has 1 aliphatic heterocycles. The van der Waals surface area contributed by atoms with Crippen LogP contribution in [-0.2, 0) is 5.41 Å². The molecule has 0 fully saturated rings. The first-order chi connectivity index (χ1) is 13.4. The van der Waals surface area contributed by atoms with Gasteiger partial charge in [-0.3, -0.25) is 4.99 Å². The molecule has 1 aromatic heterocycles. The zero-order valence-corrected chi connectivity index (χ0v) is 17.1. The average Bonchev–Trinajstić information content (AvgIpc) is 3.36. The third-order valence-corrected chi connectivity index (χ3v) is 6.17. The maximum absolute atomic E-state index is 9.56. The van der Waals surface area contributed by atoms with Crippen LogP contribution < -0.4 is 0 Å². The van der Waals surface area contributed by atoms with Crippen LogP contribution in [-0.4, -0.2) is 27.0 Å². The summed E-state index contributed by atoms with van der Waals surface area (Å²) in [5, 5.41) is 14.9. The zero-order valence-electron chi connectivity index (χ0n) is 14.8. The van der Waals surface area contributed by atoms with E-state index in [-0.39, 0.29) is 5.41 Å². The average molecular weight is 431 g/mol. The Morgan fingerprint density at radius 3 is 2.54 bits per heavy atom. The zero-order chi connectivity index (χ0) is 19.9. The van der Waals surface area contributed by atoms with Gasteiger partial charge in [-0.25, -0.2) is 9.67 Å². The van der Waals surface area contributed by atoms with Crippen molar-refractivity contribution in [2.24, 2.45) is 4.99 Å². The van der Waals surface area contributed by atoms with Crippen molar-refractivity contribution in [3.05, 3.63) is 74.7 Å². The lowest BCUT2D eigenvalue weighted by Crippen LogP contribution is -2.23. The van der Waals surface area contributed by atoms with Crippen molar-refractivity contribution >= 4 is 40.5 Å². The Balaban J connectivity index is 1.65. The molecule has 2 aromatic carbocycles. The molecule has 8 heteroatoms. The van der Waals surface area contributed by atoms with E-state index in [0.29, 0.717) is 39.3 Å². The minimum atomic E-state index is -0.245. The molecule has 0 saturated carbocycles. The standard InChI is InChI=1S/C20H14Cl3N5/c1-20(14-5-15(21)19(23)16(22)6-14)7-17(26-9-20)12-2-3-18(13(4-12)8-24)28-11-25-10-27-28/h2-6,10-11H,7,9H2,1H3. The van der Waals surface area contributed by atoms with Gasteiger partial charge in [-0.1, -0.05) is 47.8 Å². The van der Waals surface area contributed by atoms with Crippen LogP contribution in [0.4, 0.5) is 0 Å². The Kier molecular flexibility index (Phi) is 4.88. The number of aromatic nitrogens is 3. The Morgan fingerprint density at radius 2 is 1.89 bits per heavy atom. The van der Waals surface area contributed by atoms with Crippen LogP contribution >= 0.6 is 34.8 Å². The molecule has 28 heavy (non-hydrogen) atoms. The molecule has 0 spiro atoms. The molecule has 0 aliphatic carbocycles. The van der Waals surface area contributed by atoms with Gasteiger partial charge in [0.25, 0.3) is 0 Å². The highest BCUT2D eigenvalue weighted by molar-refractivity contribution is 6.48. The van der Waals surface area contributed by atoms with Crippen LogP contribution in [0, 0.1) is 11.3 Å². The fourth-order valence-corrected chi connectivity index (χ4v) is 3.98. The van der Waals surface area contributed by atoms with Crippen LogP contribution in [0.1, 0.15) is 30.0 Å². The molecule has 0 amide bonds. The molecule has 0 N–H and O–H groups in total. The molecule has 1 aliphatic rings. The van der Waals surface area contributed by atoms with Crippen LogP contribution in [0.3, 0.4) is 0 Å². The van der Waals surface area contributed by atoms with E-state index in [9.17, 15) is 5.26 Å². The van der Waals surface area contributed by atoms with Crippen LogP contribution in [0.15, 0.2) is 48.0 Å². The number of nitrogens with zero attached hydrogens (tertiary/aromatic N) is 5. The molecule has 0 saturated heterocycles. The number of halogens is 3. The number of hydrogen-bond acceptors (Lipinski definition) is 4. The number of nitriles is 1. The molecule has 5 nitrogen and oxygen atoms in total. The van der Waals surface area contributed by atoms with Crippen LogP contribution in [0.25, 0.3) is 5.69 Å². The first kappa shape index (κ1) is 18.9. The fourth-order valence-electron chi connectivity index (χ4n) is 3.38. The number of rotatable bonds is 3. The summed E-state index contributed by atoms with van der Waals surface area (Å²) in [5.74, 6) is 0. The van der Waals surface area contributed by atoms with E-state index in [1.165, 1.54) is 6.33 Å². The SMILES string of the molecule is CC1(c2cc(Cl)c(Cl)c(Cl)c2)CN=C(c2ccc(-n3cncn3)c(C#N)c2)C1. The van der Waals surface area contributed by atoms with Gasteiger partial charge in [0.1, 0.15) is 18.7 Å². The first-order valence-corrected chi connectivity index (χ1v) is 9.62. The summed E-state index contributed by atoms with van der Waals surface area (Å²) in [6.07, 6.45) is 3.70. The van der Waals surface area contributed by atoms with Crippen molar-refractivity contribution in [2.45, 2.75) is 18.8 Å². The number of aliphatic imine (C=N–C) groups is 1. The minimum Gasteiger partial charge on any atom is -0.288 e. The van der Waals surface area contributed by atoms with Crippen molar-refractivity contribution < 1.29 is 0 Å². The van der Waals surface area contributed by atoms with Crippen molar-refractivity contribution in [3.63, 3.8) is 0 Å². The van der Waals surface area contributed by atoms with E-state index < -0.39 is 0 Å². The molecule has 2 heterocycles. The molecule has 1 unspecified atom stereocenters. The van der Waals surface area contributed by atoms with Crippen LogP contribution in [0.2, 0.25) is 15.1 Å². The second kappa shape index (κ2) is 7.21. The van der Waals surface area contributed by atoms with E-state index in [0.717, 1.165) is 16.8 Å². The van der Waals surface area contributed by atoms with Gasteiger partial charge in [0.05, 0.1) is 26.3 Å². The highest BCUT2D eigenvalue weighted by Crippen LogP contribution is 2.40. The molecular formula is C20H14Cl3N5. The van der Waals surface area contributed by atoms with Crippen LogP contribution in [0.5, 0.6) is 0 Å².